The lowest BCUT2D eigenvalue weighted by Gasteiger charge is -2.27. The number of alkyl carbamates (subject to hydrolysis) is 1. The van der Waals surface area contributed by atoms with Gasteiger partial charge in [-0.05, 0) is 24.3 Å². The first-order chi connectivity index (χ1) is 10.2. The van der Waals surface area contributed by atoms with E-state index >= 15 is 0 Å². The highest BCUT2D eigenvalue weighted by Gasteiger charge is 2.31. The number of nitrogens with one attached hydrogen (secondary N) is 1. The topological polar surface area (TPSA) is 75.6 Å². The average molecular weight is 291 g/mol. The van der Waals surface area contributed by atoms with Gasteiger partial charge in [-0.1, -0.05) is 49.6 Å². The molecule has 5 nitrogen and oxygen atoms in total. The fraction of sp³-hybridized carbons (Fsp3) is 0.500. The normalized spacial score (nSPS) is 17.0. The summed E-state index contributed by atoms with van der Waals surface area (Å²) in [7, 11) is 0. The quantitative estimate of drug-likeness (QED) is 0.874. The van der Waals surface area contributed by atoms with Gasteiger partial charge in [-0.3, -0.25) is 0 Å². The number of hydrogen-bond acceptors (Lipinski definition) is 3. The van der Waals surface area contributed by atoms with Gasteiger partial charge in [0.1, 0.15) is 12.6 Å². The van der Waals surface area contributed by atoms with Gasteiger partial charge in [-0.2, -0.15) is 0 Å². The molecule has 1 aromatic carbocycles. The molecule has 1 atom stereocenters. The van der Waals surface area contributed by atoms with Crippen LogP contribution >= 0.6 is 0 Å². The molecule has 2 N–H and O–H groups in total. The van der Waals surface area contributed by atoms with Gasteiger partial charge < -0.3 is 15.2 Å². The Morgan fingerprint density at radius 2 is 1.86 bits per heavy atom. The van der Waals surface area contributed by atoms with E-state index in [2.05, 4.69) is 5.32 Å². The minimum atomic E-state index is -0.987. The number of carboxylic acid groups (broad SMARTS) is 1. The lowest BCUT2D eigenvalue weighted by Crippen LogP contribution is -2.46. The standard InChI is InChI=1S/C16H21NO4/c18-15(19)14(13-9-5-2-6-10-13)17-16(20)21-11-12-7-3-1-4-8-12/h1,3-4,7-8,13-14H,2,5-6,9-11H2,(H,17,20)(H,18,19)/t14-/m1/s1. The molecule has 5 heteroatoms. The van der Waals surface area contributed by atoms with Gasteiger partial charge in [0.2, 0.25) is 0 Å². The van der Waals surface area contributed by atoms with Crippen LogP contribution in [0, 0.1) is 5.92 Å². The van der Waals surface area contributed by atoms with Crippen molar-refractivity contribution in [2.45, 2.75) is 44.8 Å². The second kappa shape index (κ2) is 7.67. The van der Waals surface area contributed by atoms with E-state index in [0.29, 0.717) is 0 Å². The lowest BCUT2D eigenvalue weighted by atomic mass is 9.84. The van der Waals surface area contributed by atoms with Crippen LogP contribution in [0.2, 0.25) is 0 Å². The van der Waals surface area contributed by atoms with Crippen molar-refractivity contribution in [3.05, 3.63) is 35.9 Å². The van der Waals surface area contributed by atoms with Crippen LogP contribution in [0.25, 0.3) is 0 Å². The van der Waals surface area contributed by atoms with Gasteiger partial charge >= 0.3 is 12.1 Å². The minimum Gasteiger partial charge on any atom is -0.480 e. The maximum Gasteiger partial charge on any atom is 0.408 e. The van der Waals surface area contributed by atoms with Crippen molar-refractivity contribution in [3.63, 3.8) is 0 Å². The van der Waals surface area contributed by atoms with Crippen molar-refractivity contribution >= 4 is 12.1 Å². The molecule has 1 amide bonds. The molecule has 0 unspecified atom stereocenters. The van der Waals surface area contributed by atoms with Crippen LogP contribution in [-0.4, -0.2) is 23.2 Å². The van der Waals surface area contributed by atoms with E-state index in [-0.39, 0.29) is 12.5 Å². The molecule has 1 aliphatic carbocycles. The third-order valence-electron chi connectivity index (χ3n) is 3.87. The zero-order chi connectivity index (χ0) is 15.1. The summed E-state index contributed by atoms with van der Waals surface area (Å²) in [5.74, 6) is -0.987. The lowest BCUT2D eigenvalue weighted by molar-refractivity contribution is -0.141. The molecule has 1 aromatic rings. The summed E-state index contributed by atoms with van der Waals surface area (Å²) >= 11 is 0. The van der Waals surface area contributed by atoms with E-state index in [1.54, 1.807) is 0 Å². The summed E-state index contributed by atoms with van der Waals surface area (Å²) in [5, 5.41) is 11.8. The van der Waals surface area contributed by atoms with Crippen LogP contribution in [-0.2, 0) is 16.1 Å². The van der Waals surface area contributed by atoms with Crippen molar-refractivity contribution < 1.29 is 19.4 Å². The molecule has 0 heterocycles. The number of carbonyl (C=O) groups is 2. The largest absolute Gasteiger partial charge is 0.480 e. The molecule has 1 aliphatic rings. The molecule has 114 valence electrons. The number of carbonyl (C=O) groups excluding carboxylic acids is 1. The van der Waals surface area contributed by atoms with Crippen LogP contribution in [0.5, 0.6) is 0 Å². The fourth-order valence-corrected chi connectivity index (χ4v) is 2.74. The van der Waals surface area contributed by atoms with Gasteiger partial charge in [-0.25, -0.2) is 9.59 Å². The van der Waals surface area contributed by atoms with Crippen LogP contribution < -0.4 is 5.32 Å². The number of rotatable bonds is 5. The summed E-state index contributed by atoms with van der Waals surface area (Å²) in [6.07, 6.45) is 4.20. The van der Waals surface area contributed by atoms with Crippen molar-refractivity contribution in [1.29, 1.82) is 0 Å². The molecule has 21 heavy (non-hydrogen) atoms. The van der Waals surface area contributed by atoms with Crippen molar-refractivity contribution in [2.75, 3.05) is 0 Å². The predicted molar refractivity (Wildman–Crippen MR) is 77.8 cm³/mol. The molecular weight excluding hydrogens is 270 g/mol. The molecule has 1 saturated carbocycles. The maximum atomic E-state index is 11.8. The SMILES string of the molecule is O=C(N[C@@H](C(=O)O)C1CCCCC1)OCc1ccccc1. The average Bonchev–Trinajstić information content (AvgIpc) is 2.52. The first-order valence-corrected chi connectivity index (χ1v) is 7.37. The van der Waals surface area contributed by atoms with Crippen molar-refractivity contribution in [2.24, 2.45) is 5.92 Å². The predicted octanol–water partition coefficient (Wildman–Crippen LogP) is 2.95. The molecule has 0 aromatic heterocycles. The van der Waals surface area contributed by atoms with Crippen molar-refractivity contribution in [1.82, 2.24) is 5.32 Å². The maximum absolute atomic E-state index is 11.8. The van der Waals surface area contributed by atoms with E-state index in [1.165, 1.54) is 0 Å². The van der Waals surface area contributed by atoms with Crippen LogP contribution in [0.15, 0.2) is 30.3 Å². The Morgan fingerprint density at radius 1 is 1.19 bits per heavy atom. The smallest absolute Gasteiger partial charge is 0.408 e. The molecule has 1 fully saturated rings. The summed E-state index contributed by atoms with van der Waals surface area (Å²) in [6, 6.07) is 8.45. The van der Waals surface area contributed by atoms with E-state index in [1.807, 2.05) is 30.3 Å². The Kier molecular flexibility index (Phi) is 5.60. The molecule has 0 bridgehead atoms. The van der Waals surface area contributed by atoms with E-state index in [9.17, 15) is 14.7 Å². The van der Waals surface area contributed by atoms with Gasteiger partial charge in [0, 0.05) is 0 Å². The third kappa shape index (κ3) is 4.77. The van der Waals surface area contributed by atoms with E-state index in [0.717, 1.165) is 37.7 Å². The van der Waals surface area contributed by atoms with Gasteiger partial charge in [0.15, 0.2) is 0 Å². The Morgan fingerprint density at radius 3 is 2.48 bits per heavy atom. The molecule has 0 aliphatic heterocycles. The first kappa shape index (κ1) is 15.4. The number of ether oxygens (including phenoxy) is 1. The second-order valence-corrected chi connectivity index (χ2v) is 5.42. The van der Waals surface area contributed by atoms with Crippen LogP contribution in [0.1, 0.15) is 37.7 Å². The number of amides is 1. The summed E-state index contributed by atoms with van der Waals surface area (Å²) in [4.78, 5) is 23.1. The zero-order valence-corrected chi connectivity index (χ0v) is 12.0. The molecule has 0 spiro atoms. The van der Waals surface area contributed by atoms with E-state index < -0.39 is 18.1 Å². The van der Waals surface area contributed by atoms with Gasteiger partial charge in [0.05, 0.1) is 0 Å². The monoisotopic (exact) mass is 291 g/mol. The molecular formula is C16H21NO4. The fourth-order valence-electron chi connectivity index (χ4n) is 2.74. The Hall–Kier alpha value is -2.04. The molecule has 0 radical (unpaired) electrons. The Bertz CT molecular complexity index is 468. The van der Waals surface area contributed by atoms with Crippen LogP contribution in [0.4, 0.5) is 4.79 Å². The highest BCUT2D eigenvalue weighted by molar-refractivity contribution is 5.80. The van der Waals surface area contributed by atoms with Crippen molar-refractivity contribution in [3.8, 4) is 0 Å². The summed E-state index contributed by atoms with van der Waals surface area (Å²) in [6.45, 7) is 0.143. The third-order valence-corrected chi connectivity index (χ3v) is 3.87. The number of benzene rings is 1. The highest BCUT2D eigenvalue weighted by atomic mass is 16.5. The van der Waals surface area contributed by atoms with Crippen LogP contribution in [0.3, 0.4) is 0 Å². The molecule has 2 rings (SSSR count). The van der Waals surface area contributed by atoms with Gasteiger partial charge in [0.25, 0.3) is 0 Å². The Labute approximate surface area is 124 Å². The number of carboxylic acids is 1. The molecule has 0 saturated heterocycles. The summed E-state index contributed by atoms with van der Waals surface area (Å²) in [5.41, 5.74) is 0.872. The van der Waals surface area contributed by atoms with Gasteiger partial charge in [-0.15, -0.1) is 0 Å². The van der Waals surface area contributed by atoms with E-state index in [4.69, 9.17) is 4.74 Å². The Balaban J connectivity index is 1.84. The first-order valence-electron chi connectivity index (χ1n) is 7.37. The minimum absolute atomic E-state index is 0.000486. The number of hydrogen-bond donors (Lipinski definition) is 2. The highest BCUT2D eigenvalue weighted by Crippen LogP contribution is 2.26. The zero-order valence-electron chi connectivity index (χ0n) is 12.0. The summed E-state index contributed by atoms with van der Waals surface area (Å²) < 4.78 is 5.09. The second-order valence-electron chi connectivity index (χ2n) is 5.42. The number of aliphatic carboxylic acids is 1.